The van der Waals surface area contributed by atoms with Crippen LogP contribution in [0.3, 0.4) is 0 Å². The summed E-state index contributed by atoms with van der Waals surface area (Å²) >= 11 is 0. The number of esters is 1. The Morgan fingerprint density at radius 1 is 0.952 bits per heavy atom. The number of carbonyl (C=O) groups excluding carboxylic acids is 3. The second-order valence-electron chi connectivity index (χ2n) is 10.2. The van der Waals surface area contributed by atoms with Gasteiger partial charge >= 0.3 is 5.97 Å². The Bertz CT molecular complexity index is 1660. The van der Waals surface area contributed by atoms with Gasteiger partial charge in [0.05, 0.1) is 23.3 Å². The summed E-state index contributed by atoms with van der Waals surface area (Å²) in [6, 6.07) is 23.6. The fourth-order valence-corrected chi connectivity index (χ4v) is 4.87. The molecule has 1 aliphatic heterocycles. The van der Waals surface area contributed by atoms with Crippen LogP contribution in [-0.2, 0) is 20.9 Å². The molecule has 1 saturated heterocycles. The van der Waals surface area contributed by atoms with Gasteiger partial charge in [-0.25, -0.2) is 4.79 Å². The van der Waals surface area contributed by atoms with Crippen molar-refractivity contribution in [1.29, 1.82) is 0 Å². The van der Waals surface area contributed by atoms with E-state index >= 15 is 0 Å². The molecule has 1 atom stereocenters. The van der Waals surface area contributed by atoms with Crippen molar-refractivity contribution < 1.29 is 29.0 Å². The standard InChI is InChI=1S/C34H30N2O6/c1-21(2)42-34(40)25-11-7-13-27(18-25)36-30(26-12-8-16-35-19-26)29(32(38)33(36)39)31(37)24-14-15-28(22(3)17-24)41-20-23-9-5-4-6-10-23/h4-19,21,30,37H,20H2,1-3H3/b31-29+. The van der Waals surface area contributed by atoms with E-state index in [1.54, 1.807) is 74.8 Å². The molecule has 1 unspecified atom stereocenters. The summed E-state index contributed by atoms with van der Waals surface area (Å²) in [6.45, 7) is 5.71. The Morgan fingerprint density at radius 2 is 1.74 bits per heavy atom. The highest BCUT2D eigenvalue weighted by molar-refractivity contribution is 6.51. The highest BCUT2D eigenvalue weighted by atomic mass is 16.5. The first-order valence-electron chi connectivity index (χ1n) is 13.5. The number of hydrogen-bond donors (Lipinski definition) is 1. The summed E-state index contributed by atoms with van der Waals surface area (Å²) in [7, 11) is 0. The molecular weight excluding hydrogens is 532 g/mol. The number of Topliss-reactive ketones (excluding diaryl/α,β-unsaturated/α-hetero) is 1. The zero-order chi connectivity index (χ0) is 29.8. The molecule has 0 radical (unpaired) electrons. The van der Waals surface area contributed by atoms with E-state index in [4.69, 9.17) is 9.47 Å². The van der Waals surface area contributed by atoms with Crippen LogP contribution in [0.1, 0.15) is 52.5 Å². The van der Waals surface area contributed by atoms with E-state index in [9.17, 15) is 19.5 Å². The molecule has 0 spiro atoms. The van der Waals surface area contributed by atoms with E-state index < -0.39 is 23.7 Å². The van der Waals surface area contributed by atoms with Gasteiger partial charge in [0.1, 0.15) is 18.1 Å². The molecule has 2 heterocycles. The normalized spacial score (nSPS) is 16.1. The zero-order valence-electron chi connectivity index (χ0n) is 23.5. The van der Waals surface area contributed by atoms with Crippen molar-refractivity contribution in [3.8, 4) is 5.75 Å². The molecule has 1 aliphatic rings. The predicted molar refractivity (Wildman–Crippen MR) is 158 cm³/mol. The Morgan fingerprint density at radius 3 is 2.43 bits per heavy atom. The predicted octanol–water partition coefficient (Wildman–Crippen LogP) is 6.16. The van der Waals surface area contributed by atoms with Gasteiger partial charge in [0.15, 0.2) is 0 Å². The number of ketones is 1. The first-order chi connectivity index (χ1) is 20.2. The van der Waals surface area contributed by atoms with Crippen molar-refractivity contribution in [3.63, 3.8) is 0 Å². The number of aryl methyl sites for hydroxylation is 1. The SMILES string of the molecule is Cc1cc(/C(O)=C2\C(=O)C(=O)N(c3cccc(C(=O)OC(C)C)c3)C2c2cccnc2)ccc1OCc1ccccc1. The fourth-order valence-electron chi connectivity index (χ4n) is 4.87. The van der Waals surface area contributed by atoms with Gasteiger partial charge in [0, 0.05) is 23.6 Å². The second-order valence-corrected chi connectivity index (χ2v) is 10.2. The van der Waals surface area contributed by atoms with Gasteiger partial charge in [-0.05, 0) is 79.9 Å². The molecule has 1 N–H and O–H groups in total. The summed E-state index contributed by atoms with van der Waals surface area (Å²) in [4.78, 5) is 45.1. The third kappa shape index (κ3) is 5.78. The number of benzene rings is 3. The number of anilines is 1. The van der Waals surface area contributed by atoms with Crippen molar-refractivity contribution in [2.45, 2.75) is 39.5 Å². The molecule has 8 nitrogen and oxygen atoms in total. The van der Waals surface area contributed by atoms with Crippen LogP contribution in [0.4, 0.5) is 5.69 Å². The summed E-state index contributed by atoms with van der Waals surface area (Å²) in [6.07, 6.45) is 2.79. The minimum absolute atomic E-state index is 0.0829. The highest BCUT2D eigenvalue weighted by Gasteiger charge is 2.47. The summed E-state index contributed by atoms with van der Waals surface area (Å²) < 4.78 is 11.3. The number of carbonyl (C=O) groups is 3. The van der Waals surface area contributed by atoms with E-state index in [0.717, 1.165) is 11.1 Å². The van der Waals surface area contributed by atoms with Crippen LogP contribution in [0.2, 0.25) is 0 Å². The van der Waals surface area contributed by atoms with Gasteiger partial charge in [0.25, 0.3) is 11.7 Å². The van der Waals surface area contributed by atoms with Crippen LogP contribution in [-0.4, -0.2) is 33.9 Å². The number of aromatic nitrogens is 1. The topological polar surface area (TPSA) is 106 Å². The highest BCUT2D eigenvalue weighted by Crippen LogP contribution is 2.42. The fraction of sp³-hybridized carbons (Fsp3) is 0.176. The van der Waals surface area contributed by atoms with Crippen LogP contribution in [0.25, 0.3) is 5.76 Å². The third-order valence-corrected chi connectivity index (χ3v) is 6.83. The number of ether oxygens (including phenoxy) is 2. The number of aliphatic hydroxyl groups excluding tert-OH is 1. The van der Waals surface area contributed by atoms with Crippen LogP contribution in [0.5, 0.6) is 5.75 Å². The molecule has 0 saturated carbocycles. The number of amides is 1. The van der Waals surface area contributed by atoms with Crippen molar-refractivity contribution >= 4 is 29.1 Å². The number of pyridine rings is 1. The minimum atomic E-state index is -0.982. The van der Waals surface area contributed by atoms with E-state index in [0.29, 0.717) is 29.2 Å². The minimum Gasteiger partial charge on any atom is -0.507 e. The average molecular weight is 563 g/mol. The van der Waals surface area contributed by atoms with Crippen LogP contribution >= 0.6 is 0 Å². The molecule has 4 aromatic rings. The molecule has 3 aromatic carbocycles. The summed E-state index contributed by atoms with van der Waals surface area (Å²) in [5.74, 6) is -1.92. The maximum Gasteiger partial charge on any atom is 0.338 e. The lowest BCUT2D eigenvalue weighted by atomic mass is 9.95. The maximum absolute atomic E-state index is 13.5. The Labute approximate surface area is 243 Å². The van der Waals surface area contributed by atoms with Crippen LogP contribution in [0, 0.1) is 6.92 Å². The molecule has 1 amide bonds. The Hall–Kier alpha value is -5.24. The largest absolute Gasteiger partial charge is 0.507 e. The second kappa shape index (κ2) is 12.1. The van der Waals surface area contributed by atoms with Crippen LogP contribution in [0.15, 0.2) is 103 Å². The van der Waals surface area contributed by atoms with Crippen molar-refractivity contribution in [1.82, 2.24) is 4.98 Å². The molecule has 212 valence electrons. The number of hydrogen-bond acceptors (Lipinski definition) is 7. The van der Waals surface area contributed by atoms with E-state index in [2.05, 4.69) is 4.98 Å². The smallest absolute Gasteiger partial charge is 0.338 e. The van der Waals surface area contributed by atoms with E-state index in [1.807, 2.05) is 37.3 Å². The lowest BCUT2D eigenvalue weighted by molar-refractivity contribution is -0.132. The summed E-state index contributed by atoms with van der Waals surface area (Å²) in [5.41, 5.74) is 3.11. The van der Waals surface area contributed by atoms with Crippen molar-refractivity contribution in [3.05, 3.63) is 131 Å². The third-order valence-electron chi connectivity index (χ3n) is 6.83. The molecule has 5 rings (SSSR count). The molecule has 42 heavy (non-hydrogen) atoms. The van der Waals surface area contributed by atoms with Gasteiger partial charge < -0.3 is 14.6 Å². The van der Waals surface area contributed by atoms with E-state index in [1.165, 1.54) is 11.0 Å². The molecule has 0 aliphatic carbocycles. The first kappa shape index (κ1) is 28.3. The Kier molecular flexibility index (Phi) is 8.15. The quantitative estimate of drug-likeness (QED) is 0.119. The maximum atomic E-state index is 13.5. The van der Waals surface area contributed by atoms with Gasteiger partial charge in [-0.1, -0.05) is 42.5 Å². The zero-order valence-corrected chi connectivity index (χ0v) is 23.5. The average Bonchev–Trinajstić information content (AvgIpc) is 3.26. The van der Waals surface area contributed by atoms with Crippen molar-refractivity contribution in [2.75, 3.05) is 4.90 Å². The molecule has 8 heteroatoms. The van der Waals surface area contributed by atoms with Gasteiger partial charge in [-0.2, -0.15) is 0 Å². The molecule has 0 bridgehead atoms. The molecule has 1 aromatic heterocycles. The first-order valence-corrected chi connectivity index (χ1v) is 13.5. The van der Waals surface area contributed by atoms with Gasteiger partial charge in [-0.3, -0.25) is 19.5 Å². The lowest BCUT2D eigenvalue weighted by Gasteiger charge is -2.25. The Balaban J connectivity index is 1.54. The summed E-state index contributed by atoms with van der Waals surface area (Å²) in [5, 5.41) is 11.5. The van der Waals surface area contributed by atoms with E-state index in [-0.39, 0.29) is 23.0 Å². The number of rotatable bonds is 8. The van der Waals surface area contributed by atoms with Gasteiger partial charge in [0.2, 0.25) is 0 Å². The van der Waals surface area contributed by atoms with Gasteiger partial charge in [-0.15, -0.1) is 0 Å². The number of aliphatic hydroxyl groups is 1. The molecular formula is C34H30N2O6. The molecule has 1 fully saturated rings. The lowest BCUT2D eigenvalue weighted by Crippen LogP contribution is -2.29. The van der Waals surface area contributed by atoms with Crippen molar-refractivity contribution in [2.24, 2.45) is 0 Å². The monoisotopic (exact) mass is 562 g/mol. The number of nitrogens with zero attached hydrogens (tertiary/aromatic N) is 2. The van der Waals surface area contributed by atoms with Crippen LogP contribution < -0.4 is 9.64 Å².